The standard InChI is InChI=1S/C8H8BrNO4/c1-13-6-4-3-5(9)8(14-2)7(6)10(11)12/h3-4H,1-2H3. The molecular formula is C8H8BrNO4. The molecule has 0 amide bonds. The molecule has 0 heterocycles. The van der Waals surface area contributed by atoms with Gasteiger partial charge in [0.25, 0.3) is 0 Å². The van der Waals surface area contributed by atoms with Gasteiger partial charge >= 0.3 is 5.69 Å². The summed E-state index contributed by atoms with van der Waals surface area (Å²) in [6.07, 6.45) is 0. The van der Waals surface area contributed by atoms with Crippen LogP contribution in [0.2, 0.25) is 0 Å². The molecule has 1 rings (SSSR count). The van der Waals surface area contributed by atoms with E-state index in [4.69, 9.17) is 9.47 Å². The van der Waals surface area contributed by atoms with Crippen LogP contribution in [-0.2, 0) is 0 Å². The van der Waals surface area contributed by atoms with Crippen LogP contribution in [0.4, 0.5) is 5.69 Å². The Morgan fingerprint density at radius 2 is 2.00 bits per heavy atom. The number of hydrogen-bond donors (Lipinski definition) is 0. The fourth-order valence-electron chi connectivity index (χ4n) is 1.06. The molecule has 0 spiro atoms. The molecule has 0 aromatic heterocycles. The number of methoxy groups -OCH3 is 2. The van der Waals surface area contributed by atoms with E-state index in [1.807, 2.05) is 0 Å². The third-order valence-electron chi connectivity index (χ3n) is 1.65. The van der Waals surface area contributed by atoms with Gasteiger partial charge in [-0.1, -0.05) is 0 Å². The van der Waals surface area contributed by atoms with Gasteiger partial charge in [0.15, 0.2) is 0 Å². The topological polar surface area (TPSA) is 61.6 Å². The van der Waals surface area contributed by atoms with E-state index in [1.54, 1.807) is 6.07 Å². The predicted octanol–water partition coefficient (Wildman–Crippen LogP) is 2.37. The molecule has 0 saturated carbocycles. The number of hydrogen-bond acceptors (Lipinski definition) is 4. The van der Waals surface area contributed by atoms with Gasteiger partial charge in [-0.3, -0.25) is 10.1 Å². The maximum atomic E-state index is 10.7. The van der Waals surface area contributed by atoms with Crippen molar-refractivity contribution in [1.82, 2.24) is 0 Å². The van der Waals surface area contributed by atoms with Crippen molar-refractivity contribution in [2.24, 2.45) is 0 Å². The van der Waals surface area contributed by atoms with Crippen molar-refractivity contribution in [2.45, 2.75) is 0 Å². The molecule has 0 fully saturated rings. The fourth-order valence-corrected chi connectivity index (χ4v) is 1.54. The number of ether oxygens (including phenoxy) is 2. The number of nitro benzene ring substituents is 1. The van der Waals surface area contributed by atoms with Gasteiger partial charge in [0.2, 0.25) is 11.5 Å². The largest absolute Gasteiger partial charge is 0.490 e. The average Bonchev–Trinajstić information content (AvgIpc) is 2.17. The van der Waals surface area contributed by atoms with Crippen molar-refractivity contribution in [3.05, 3.63) is 26.7 Å². The van der Waals surface area contributed by atoms with E-state index in [0.717, 1.165) is 0 Å². The third-order valence-corrected chi connectivity index (χ3v) is 2.28. The first-order valence-corrected chi connectivity index (χ1v) is 4.46. The van der Waals surface area contributed by atoms with Crippen molar-refractivity contribution in [3.63, 3.8) is 0 Å². The van der Waals surface area contributed by atoms with Gasteiger partial charge in [-0.05, 0) is 28.1 Å². The van der Waals surface area contributed by atoms with Crippen LogP contribution in [0.25, 0.3) is 0 Å². The molecule has 0 N–H and O–H groups in total. The Labute approximate surface area is 88.9 Å². The highest BCUT2D eigenvalue weighted by atomic mass is 79.9. The Morgan fingerprint density at radius 1 is 1.36 bits per heavy atom. The van der Waals surface area contributed by atoms with Crippen molar-refractivity contribution in [2.75, 3.05) is 14.2 Å². The van der Waals surface area contributed by atoms with Gasteiger partial charge in [-0.25, -0.2) is 0 Å². The lowest BCUT2D eigenvalue weighted by atomic mass is 10.2. The highest BCUT2D eigenvalue weighted by Crippen LogP contribution is 2.41. The van der Waals surface area contributed by atoms with Gasteiger partial charge in [0.1, 0.15) is 0 Å². The minimum absolute atomic E-state index is 0.161. The molecule has 0 bridgehead atoms. The lowest BCUT2D eigenvalue weighted by Gasteiger charge is -2.07. The Kier molecular flexibility index (Phi) is 3.29. The molecule has 0 radical (unpaired) electrons. The summed E-state index contributed by atoms with van der Waals surface area (Å²) in [7, 11) is 2.74. The van der Waals surface area contributed by atoms with Gasteiger partial charge in [0, 0.05) is 0 Å². The molecule has 76 valence electrons. The van der Waals surface area contributed by atoms with E-state index in [0.29, 0.717) is 4.47 Å². The number of rotatable bonds is 3. The molecular weight excluding hydrogens is 254 g/mol. The molecule has 14 heavy (non-hydrogen) atoms. The van der Waals surface area contributed by atoms with E-state index in [9.17, 15) is 10.1 Å². The summed E-state index contributed by atoms with van der Waals surface area (Å²) in [6, 6.07) is 3.13. The minimum atomic E-state index is -0.539. The second-order valence-electron chi connectivity index (χ2n) is 2.39. The lowest BCUT2D eigenvalue weighted by molar-refractivity contribution is -0.386. The third kappa shape index (κ3) is 1.79. The molecule has 0 aliphatic heterocycles. The summed E-state index contributed by atoms with van der Waals surface area (Å²) in [5.41, 5.74) is -0.177. The first kappa shape index (κ1) is 10.8. The molecule has 0 aliphatic rings. The average molecular weight is 262 g/mol. The molecule has 0 unspecified atom stereocenters. The highest BCUT2D eigenvalue weighted by molar-refractivity contribution is 9.10. The summed E-state index contributed by atoms with van der Waals surface area (Å²) in [4.78, 5) is 10.2. The van der Waals surface area contributed by atoms with Crippen LogP contribution in [0.1, 0.15) is 0 Å². The van der Waals surface area contributed by atoms with Crippen molar-refractivity contribution < 1.29 is 14.4 Å². The van der Waals surface area contributed by atoms with E-state index in [2.05, 4.69) is 15.9 Å². The van der Waals surface area contributed by atoms with Gasteiger partial charge < -0.3 is 9.47 Å². The zero-order chi connectivity index (χ0) is 10.7. The molecule has 1 aromatic rings. The molecule has 0 atom stereocenters. The predicted molar refractivity (Wildman–Crippen MR) is 53.9 cm³/mol. The van der Waals surface area contributed by atoms with E-state index < -0.39 is 4.92 Å². The fraction of sp³-hybridized carbons (Fsp3) is 0.250. The van der Waals surface area contributed by atoms with Crippen LogP contribution >= 0.6 is 15.9 Å². The SMILES string of the molecule is COc1ccc(Br)c(OC)c1[N+](=O)[O-]. The summed E-state index contributed by atoms with van der Waals surface area (Å²) in [5, 5.41) is 10.7. The van der Waals surface area contributed by atoms with Gasteiger partial charge in [-0.2, -0.15) is 0 Å². The highest BCUT2D eigenvalue weighted by Gasteiger charge is 2.24. The number of benzene rings is 1. The summed E-state index contributed by atoms with van der Waals surface area (Å²) >= 11 is 3.15. The van der Waals surface area contributed by atoms with E-state index in [-0.39, 0.29) is 17.2 Å². The van der Waals surface area contributed by atoms with Crippen LogP contribution in [0, 0.1) is 10.1 Å². The Hall–Kier alpha value is -1.30. The Morgan fingerprint density at radius 3 is 2.43 bits per heavy atom. The van der Waals surface area contributed by atoms with E-state index >= 15 is 0 Å². The zero-order valence-corrected chi connectivity index (χ0v) is 9.20. The smallest absolute Gasteiger partial charge is 0.353 e. The molecule has 0 saturated heterocycles. The molecule has 0 aliphatic carbocycles. The maximum absolute atomic E-state index is 10.7. The van der Waals surface area contributed by atoms with Crippen molar-refractivity contribution in [1.29, 1.82) is 0 Å². The van der Waals surface area contributed by atoms with Crippen LogP contribution in [0.15, 0.2) is 16.6 Å². The number of nitro groups is 1. The van der Waals surface area contributed by atoms with Crippen molar-refractivity contribution >= 4 is 21.6 Å². The first-order valence-electron chi connectivity index (χ1n) is 3.66. The monoisotopic (exact) mass is 261 g/mol. The van der Waals surface area contributed by atoms with Gasteiger partial charge in [-0.15, -0.1) is 0 Å². The Balaban J connectivity index is 3.43. The van der Waals surface area contributed by atoms with Crippen LogP contribution in [0.5, 0.6) is 11.5 Å². The summed E-state index contributed by atoms with van der Waals surface area (Å²) in [6.45, 7) is 0. The number of halogens is 1. The van der Waals surface area contributed by atoms with Gasteiger partial charge in [0.05, 0.1) is 23.6 Å². The maximum Gasteiger partial charge on any atom is 0.353 e. The van der Waals surface area contributed by atoms with Crippen LogP contribution < -0.4 is 9.47 Å². The normalized spacial score (nSPS) is 9.64. The Bertz CT molecular complexity index is 367. The molecule has 5 nitrogen and oxygen atoms in total. The molecule has 1 aromatic carbocycles. The summed E-state index contributed by atoms with van der Waals surface area (Å²) in [5.74, 6) is 0.337. The quantitative estimate of drug-likeness (QED) is 0.619. The zero-order valence-electron chi connectivity index (χ0n) is 7.61. The first-order chi connectivity index (χ1) is 6.61. The van der Waals surface area contributed by atoms with Crippen LogP contribution in [-0.4, -0.2) is 19.1 Å². The minimum Gasteiger partial charge on any atom is -0.490 e. The van der Waals surface area contributed by atoms with Crippen LogP contribution in [0.3, 0.4) is 0 Å². The summed E-state index contributed by atoms with van der Waals surface area (Å²) < 4.78 is 10.3. The lowest BCUT2D eigenvalue weighted by Crippen LogP contribution is -1.98. The second kappa shape index (κ2) is 4.28. The second-order valence-corrected chi connectivity index (χ2v) is 3.24. The molecule has 6 heteroatoms. The van der Waals surface area contributed by atoms with E-state index in [1.165, 1.54) is 20.3 Å². The van der Waals surface area contributed by atoms with Crippen molar-refractivity contribution in [3.8, 4) is 11.5 Å². The number of nitrogens with zero attached hydrogens (tertiary/aromatic N) is 1.